The maximum atomic E-state index is 13.4. The highest BCUT2D eigenvalue weighted by atomic mass is 35.5. The molecule has 1 aromatic heterocycles. The van der Waals surface area contributed by atoms with E-state index in [0.29, 0.717) is 57.7 Å². The Morgan fingerprint density at radius 2 is 2.00 bits per heavy atom. The number of nitrogens with zero attached hydrogens (tertiary/aromatic N) is 2. The highest BCUT2D eigenvalue weighted by molar-refractivity contribution is 6.32. The van der Waals surface area contributed by atoms with Crippen molar-refractivity contribution in [3.63, 3.8) is 0 Å². The van der Waals surface area contributed by atoms with Crippen molar-refractivity contribution in [2.24, 2.45) is 5.73 Å². The fourth-order valence-electron chi connectivity index (χ4n) is 3.19. The van der Waals surface area contributed by atoms with Crippen LogP contribution in [0.25, 0.3) is 10.9 Å². The van der Waals surface area contributed by atoms with Crippen molar-refractivity contribution in [2.75, 3.05) is 25.6 Å². The second-order valence-corrected chi connectivity index (χ2v) is 7.79. The van der Waals surface area contributed by atoms with Crippen molar-refractivity contribution < 1.29 is 23.4 Å². The molecule has 1 heterocycles. The molecule has 10 heteroatoms. The van der Waals surface area contributed by atoms with Crippen LogP contribution in [-0.2, 0) is 11.3 Å². The Balaban J connectivity index is 1.56. The fraction of sp³-hybridized carbons (Fsp3) is 0.160. The molecule has 0 atom stereocenters. The summed E-state index contributed by atoms with van der Waals surface area (Å²) in [6.45, 7) is 0.911. The third-order valence-corrected chi connectivity index (χ3v) is 5.14. The van der Waals surface area contributed by atoms with E-state index in [2.05, 4.69) is 21.4 Å². The van der Waals surface area contributed by atoms with Crippen LogP contribution >= 0.6 is 11.6 Å². The maximum Gasteiger partial charge on any atom is 0.286 e. The van der Waals surface area contributed by atoms with E-state index < -0.39 is 5.91 Å². The number of rotatable bonds is 10. The Bertz CT molecular complexity index is 1370. The smallest absolute Gasteiger partial charge is 0.286 e. The molecule has 8 nitrogen and oxygen atoms in total. The van der Waals surface area contributed by atoms with Crippen molar-refractivity contribution in [1.82, 2.24) is 9.97 Å². The van der Waals surface area contributed by atoms with E-state index in [1.807, 2.05) is 0 Å². The van der Waals surface area contributed by atoms with Gasteiger partial charge >= 0.3 is 0 Å². The molecule has 35 heavy (non-hydrogen) atoms. The minimum absolute atomic E-state index is 0.157. The number of fused-ring (bicyclic) bond motifs is 1. The lowest BCUT2D eigenvalue weighted by Crippen LogP contribution is -2.16. The largest absolute Gasteiger partial charge is 0.490 e. The lowest BCUT2D eigenvalue weighted by molar-refractivity contribution is 0.0991. The van der Waals surface area contributed by atoms with Gasteiger partial charge in [0, 0.05) is 30.3 Å². The van der Waals surface area contributed by atoms with Gasteiger partial charge in [-0.05, 0) is 42.0 Å². The van der Waals surface area contributed by atoms with Crippen molar-refractivity contribution >= 4 is 39.9 Å². The zero-order chi connectivity index (χ0) is 24.8. The number of nitrogens with two attached hydrogens (primary N) is 1. The summed E-state index contributed by atoms with van der Waals surface area (Å²) in [6.07, 6.45) is 0. The minimum Gasteiger partial charge on any atom is -0.490 e. The molecule has 0 aliphatic rings. The van der Waals surface area contributed by atoms with E-state index in [1.165, 1.54) is 12.1 Å². The number of anilines is 2. The highest BCUT2D eigenvalue weighted by Crippen LogP contribution is 2.32. The van der Waals surface area contributed by atoms with Crippen molar-refractivity contribution in [1.29, 1.82) is 0 Å². The Hall–Kier alpha value is -3.95. The number of hydrogen-bond donors (Lipinski definition) is 2. The molecule has 1 amide bonds. The number of ether oxygens (including phenoxy) is 3. The summed E-state index contributed by atoms with van der Waals surface area (Å²) < 4.78 is 29.6. The van der Waals surface area contributed by atoms with Crippen LogP contribution in [0.3, 0.4) is 0 Å². The second-order valence-electron chi connectivity index (χ2n) is 7.39. The van der Waals surface area contributed by atoms with Gasteiger partial charge in [-0.1, -0.05) is 23.7 Å². The van der Waals surface area contributed by atoms with E-state index in [1.54, 1.807) is 49.6 Å². The van der Waals surface area contributed by atoms with E-state index in [9.17, 15) is 9.18 Å². The standard InChI is InChI=1S/C25H21ClFN4O4/c1-33-9-10-34-18-6-7-19-21(13-18)30-25(23(28)32)31-24(19)29-17-5-8-22(20(26)12-17)35-14-15-3-2-4-16(27)11-15/h2-5,7-8,11-13H,9-10,14H2,1H3,(H2,28,32)(H,29,30,31). The van der Waals surface area contributed by atoms with Gasteiger partial charge in [0.1, 0.15) is 36.3 Å². The Kier molecular flexibility index (Phi) is 7.59. The molecule has 4 rings (SSSR count). The Morgan fingerprint density at radius 1 is 1.14 bits per heavy atom. The molecular formula is C25H21ClFN4O4. The Morgan fingerprint density at radius 3 is 2.74 bits per heavy atom. The molecule has 0 aliphatic carbocycles. The van der Waals surface area contributed by atoms with Gasteiger partial charge < -0.3 is 25.3 Å². The van der Waals surface area contributed by atoms with E-state index in [4.69, 9.17) is 31.5 Å². The average Bonchev–Trinajstić information content (AvgIpc) is 2.83. The quantitative estimate of drug-likeness (QED) is 0.308. The molecule has 1 radical (unpaired) electrons. The minimum atomic E-state index is -0.774. The predicted octanol–water partition coefficient (Wildman–Crippen LogP) is 4.67. The number of benzene rings is 3. The van der Waals surface area contributed by atoms with Gasteiger partial charge in [0.15, 0.2) is 0 Å². The van der Waals surface area contributed by atoms with Gasteiger partial charge in [-0.25, -0.2) is 14.4 Å². The van der Waals surface area contributed by atoms with Crippen LogP contribution < -0.4 is 20.5 Å². The number of carbonyl (C=O) groups is 1. The zero-order valence-electron chi connectivity index (χ0n) is 18.7. The summed E-state index contributed by atoms with van der Waals surface area (Å²) >= 11 is 6.40. The van der Waals surface area contributed by atoms with Crippen LogP contribution in [0.4, 0.5) is 15.9 Å². The van der Waals surface area contributed by atoms with Crippen LogP contribution in [0, 0.1) is 11.9 Å². The van der Waals surface area contributed by atoms with Crippen LogP contribution in [-0.4, -0.2) is 36.2 Å². The molecule has 0 unspecified atom stereocenters. The van der Waals surface area contributed by atoms with E-state index in [0.717, 1.165) is 0 Å². The molecule has 0 bridgehead atoms. The van der Waals surface area contributed by atoms with Crippen LogP contribution in [0.1, 0.15) is 16.2 Å². The van der Waals surface area contributed by atoms with Gasteiger partial charge in [-0.2, -0.15) is 0 Å². The molecule has 3 aromatic carbocycles. The topological polar surface area (TPSA) is 109 Å². The third kappa shape index (κ3) is 6.14. The van der Waals surface area contributed by atoms with Crippen molar-refractivity contribution in [3.05, 3.63) is 82.9 Å². The first-order chi connectivity index (χ1) is 16.9. The number of carbonyl (C=O) groups excluding carboxylic acids is 1. The molecule has 0 saturated carbocycles. The number of aromatic nitrogens is 2. The number of primary amides is 1. The van der Waals surface area contributed by atoms with Gasteiger partial charge in [0.2, 0.25) is 5.82 Å². The predicted molar refractivity (Wildman–Crippen MR) is 130 cm³/mol. The molecule has 0 aliphatic heterocycles. The van der Waals surface area contributed by atoms with Gasteiger partial charge in [0.25, 0.3) is 5.91 Å². The van der Waals surface area contributed by atoms with E-state index in [-0.39, 0.29) is 18.2 Å². The normalized spacial score (nSPS) is 10.8. The van der Waals surface area contributed by atoms with E-state index >= 15 is 0 Å². The molecule has 179 valence electrons. The summed E-state index contributed by atoms with van der Waals surface area (Å²) in [5.41, 5.74) is 7.14. The zero-order valence-corrected chi connectivity index (χ0v) is 19.4. The lowest BCUT2D eigenvalue weighted by Gasteiger charge is -2.13. The molecule has 0 spiro atoms. The van der Waals surface area contributed by atoms with Crippen molar-refractivity contribution in [2.45, 2.75) is 6.61 Å². The summed E-state index contributed by atoms with van der Waals surface area (Å²) in [5, 5.41) is 4.06. The summed E-state index contributed by atoms with van der Waals surface area (Å²) in [7, 11) is 1.58. The first-order valence-corrected chi connectivity index (χ1v) is 10.9. The number of methoxy groups -OCH3 is 1. The monoisotopic (exact) mass is 495 g/mol. The SMILES string of the molecule is COCCOc1[c]cc2c(Nc3ccc(OCc4cccc(F)c4)c(Cl)c3)nc(C(N)=O)nc2c1. The molecule has 4 aromatic rings. The number of nitrogens with one attached hydrogen (secondary N) is 1. The maximum absolute atomic E-state index is 13.4. The summed E-state index contributed by atoms with van der Waals surface area (Å²) in [5.74, 6) is -0.0579. The first kappa shape index (κ1) is 24.2. The number of amides is 1. The molecule has 0 fully saturated rings. The van der Waals surface area contributed by atoms with Crippen molar-refractivity contribution in [3.8, 4) is 11.5 Å². The van der Waals surface area contributed by atoms with Crippen LogP contribution in [0.15, 0.2) is 54.6 Å². The lowest BCUT2D eigenvalue weighted by atomic mass is 10.2. The molecule has 3 N–H and O–H groups in total. The van der Waals surface area contributed by atoms with Crippen LogP contribution in [0.5, 0.6) is 11.5 Å². The fourth-order valence-corrected chi connectivity index (χ4v) is 3.43. The molecule has 0 saturated heterocycles. The summed E-state index contributed by atoms with van der Waals surface area (Å²) in [6, 6.07) is 17.5. The molecular weight excluding hydrogens is 475 g/mol. The number of halogens is 2. The average molecular weight is 496 g/mol. The Labute approximate surface area is 205 Å². The van der Waals surface area contributed by atoms with Crippen LogP contribution in [0.2, 0.25) is 5.02 Å². The first-order valence-electron chi connectivity index (χ1n) is 10.5. The van der Waals surface area contributed by atoms with Gasteiger partial charge in [-0.3, -0.25) is 4.79 Å². The highest BCUT2D eigenvalue weighted by Gasteiger charge is 2.14. The second kappa shape index (κ2) is 11.0. The number of hydrogen-bond acceptors (Lipinski definition) is 7. The summed E-state index contributed by atoms with van der Waals surface area (Å²) in [4.78, 5) is 20.3. The van der Waals surface area contributed by atoms with Gasteiger partial charge in [-0.15, -0.1) is 0 Å². The van der Waals surface area contributed by atoms with Gasteiger partial charge in [0.05, 0.1) is 17.1 Å². The third-order valence-electron chi connectivity index (χ3n) is 4.85.